The normalized spacial score (nSPS) is 10.9. The maximum atomic E-state index is 12.0. The summed E-state index contributed by atoms with van der Waals surface area (Å²) in [4.78, 5) is 24.1. The third-order valence-corrected chi connectivity index (χ3v) is 5.06. The number of unbranched alkanes of at least 4 members (excludes halogenated alkanes) is 13. The Bertz CT molecular complexity index is 360. The molecule has 0 atom stereocenters. The highest BCUT2D eigenvalue weighted by Gasteiger charge is 2.13. The van der Waals surface area contributed by atoms with E-state index in [0.29, 0.717) is 13.1 Å². The van der Waals surface area contributed by atoms with Gasteiger partial charge in [-0.15, -0.1) is 0 Å². The number of carbonyl (C=O) groups excluding carboxylic acids is 1. The zero-order valence-corrected chi connectivity index (χ0v) is 17.6. The van der Waals surface area contributed by atoms with Gasteiger partial charge in [0.1, 0.15) is 0 Å². The highest BCUT2D eigenvalue weighted by Crippen LogP contribution is 2.13. The van der Waals surface area contributed by atoms with Gasteiger partial charge in [-0.05, 0) is 6.42 Å². The van der Waals surface area contributed by atoms with Crippen LogP contribution in [0, 0.1) is 0 Å². The van der Waals surface area contributed by atoms with E-state index in [4.69, 9.17) is 10.2 Å². The third-order valence-electron chi connectivity index (χ3n) is 5.06. The number of carboxylic acid groups (broad SMARTS) is 1. The molecule has 0 aliphatic rings. The van der Waals surface area contributed by atoms with Gasteiger partial charge in [0.25, 0.3) is 0 Å². The summed E-state index contributed by atoms with van der Waals surface area (Å²) in [6.07, 6.45) is 18.0. The molecule has 0 aromatic heterocycles. The molecule has 0 bridgehead atoms. The van der Waals surface area contributed by atoms with Crippen molar-refractivity contribution < 1.29 is 19.8 Å². The molecule has 0 spiro atoms. The number of nitrogens with zero attached hydrogens (tertiary/aromatic N) is 1. The van der Waals surface area contributed by atoms with Crippen LogP contribution < -0.4 is 0 Å². The zero-order chi connectivity index (χ0) is 20.2. The van der Waals surface area contributed by atoms with Crippen molar-refractivity contribution in [2.45, 2.75) is 110 Å². The summed E-state index contributed by atoms with van der Waals surface area (Å²) in [7, 11) is 0. The van der Waals surface area contributed by atoms with E-state index in [1.807, 2.05) is 0 Å². The first-order chi connectivity index (χ1) is 13.1. The average Bonchev–Trinajstić information content (AvgIpc) is 2.65. The van der Waals surface area contributed by atoms with Gasteiger partial charge < -0.3 is 15.1 Å². The zero-order valence-electron chi connectivity index (χ0n) is 17.6. The first kappa shape index (κ1) is 25.9. The van der Waals surface area contributed by atoms with E-state index < -0.39 is 5.97 Å². The minimum Gasteiger partial charge on any atom is -0.481 e. The standard InChI is InChI=1S/C22H43NO4/c1-2-3-4-5-6-7-8-9-10-11-12-13-14-15-18-23(19-20-24)21(25)16-17-22(26)27/h24H,2-20H2,1H3,(H,26,27). The van der Waals surface area contributed by atoms with Gasteiger partial charge in [-0.3, -0.25) is 9.59 Å². The lowest BCUT2D eigenvalue weighted by Crippen LogP contribution is -2.34. The first-order valence-corrected chi connectivity index (χ1v) is 11.2. The van der Waals surface area contributed by atoms with Crippen molar-refractivity contribution in [3.05, 3.63) is 0 Å². The van der Waals surface area contributed by atoms with Crippen LogP contribution in [0.15, 0.2) is 0 Å². The minimum absolute atomic E-state index is 0.0218. The van der Waals surface area contributed by atoms with E-state index in [1.165, 1.54) is 77.0 Å². The highest BCUT2D eigenvalue weighted by molar-refractivity contribution is 5.80. The van der Waals surface area contributed by atoms with Gasteiger partial charge >= 0.3 is 5.97 Å². The molecule has 0 unspecified atom stereocenters. The maximum absolute atomic E-state index is 12.0. The number of aliphatic hydroxyl groups excluding tert-OH is 1. The van der Waals surface area contributed by atoms with Crippen LogP contribution in [-0.4, -0.2) is 46.7 Å². The Morgan fingerprint density at radius 2 is 1.11 bits per heavy atom. The molecule has 0 aliphatic carbocycles. The van der Waals surface area contributed by atoms with Crippen LogP contribution in [0.25, 0.3) is 0 Å². The molecule has 5 heteroatoms. The molecule has 0 aromatic rings. The molecule has 0 radical (unpaired) electrons. The van der Waals surface area contributed by atoms with E-state index in [-0.39, 0.29) is 25.4 Å². The van der Waals surface area contributed by atoms with E-state index in [9.17, 15) is 9.59 Å². The maximum Gasteiger partial charge on any atom is 0.303 e. The summed E-state index contributed by atoms with van der Waals surface area (Å²) in [6.45, 7) is 3.11. The Labute approximate surface area is 166 Å². The Balaban J connectivity index is 3.49. The number of aliphatic hydroxyl groups is 1. The first-order valence-electron chi connectivity index (χ1n) is 11.2. The molecule has 0 saturated carbocycles. The second kappa shape index (κ2) is 19.7. The number of aliphatic carboxylic acids is 1. The lowest BCUT2D eigenvalue weighted by Gasteiger charge is -2.21. The Morgan fingerprint density at radius 3 is 1.52 bits per heavy atom. The molecule has 0 aliphatic heterocycles. The molecule has 160 valence electrons. The SMILES string of the molecule is CCCCCCCCCCCCCCCCN(CCO)C(=O)CCC(=O)O. The molecule has 0 aromatic carbocycles. The lowest BCUT2D eigenvalue weighted by atomic mass is 10.0. The van der Waals surface area contributed by atoms with Crippen molar-refractivity contribution in [3.63, 3.8) is 0 Å². The second-order valence-corrected chi connectivity index (χ2v) is 7.59. The van der Waals surface area contributed by atoms with Crippen LogP contribution in [-0.2, 0) is 9.59 Å². The summed E-state index contributed by atoms with van der Waals surface area (Å²) in [5.74, 6) is -1.12. The molecule has 0 saturated heterocycles. The predicted molar refractivity (Wildman–Crippen MR) is 111 cm³/mol. The average molecular weight is 386 g/mol. The van der Waals surface area contributed by atoms with Crippen LogP contribution >= 0.6 is 0 Å². The molecule has 5 nitrogen and oxygen atoms in total. The van der Waals surface area contributed by atoms with Gasteiger partial charge in [-0.25, -0.2) is 0 Å². The van der Waals surface area contributed by atoms with Crippen molar-refractivity contribution in [1.82, 2.24) is 4.90 Å². The molecule has 27 heavy (non-hydrogen) atoms. The smallest absolute Gasteiger partial charge is 0.303 e. The van der Waals surface area contributed by atoms with Crippen LogP contribution in [0.5, 0.6) is 0 Å². The Kier molecular flexibility index (Phi) is 18.9. The molecular formula is C22H43NO4. The van der Waals surface area contributed by atoms with Crippen molar-refractivity contribution in [3.8, 4) is 0 Å². The van der Waals surface area contributed by atoms with E-state index in [2.05, 4.69) is 6.92 Å². The fourth-order valence-corrected chi connectivity index (χ4v) is 3.35. The Hall–Kier alpha value is -1.10. The van der Waals surface area contributed by atoms with Gasteiger partial charge in [-0.1, -0.05) is 90.4 Å². The van der Waals surface area contributed by atoms with Crippen molar-refractivity contribution in [2.75, 3.05) is 19.7 Å². The quantitative estimate of drug-likeness (QED) is 0.284. The molecule has 0 heterocycles. The van der Waals surface area contributed by atoms with E-state index in [1.54, 1.807) is 4.90 Å². The number of amides is 1. The van der Waals surface area contributed by atoms with Gasteiger partial charge in [0, 0.05) is 19.5 Å². The summed E-state index contributed by atoms with van der Waals surface area (Å²) in [6, 6.07) is 0. The molecule has 2 N–H and O–H groups in total. The highest BCUT2D eigenvalue weighted by atomic mass is 16.4. The van der Waals surface area contributed by atoms with Crippen molar-refractivity contribution >= 4 is 11.9 Å². The summed E-state index contributed by atoms with van der Waals surface area (Å²) in [5, 5.41) is 17.7. The molecule has 0 rings (SSSR count). The van der Waals surface area contributed by atoms with E-state index >= 15 is 0 Å². The Morgan fingerprint density at radius 1 is 0.667 bits per heavy atom. The number of hydrogen-bond acceptors (Lipinski definition) is 3. The summed E-state index contributed by atoms with van der Waals surface area (Å²) in [5.41, 5.74) is 0. The van der Waals surface area contributed by atoms with Gasteiger partial charge in [0.2, 0.25) is 5.91 Å². The van der Waals surface area contributed by atoms with Gasteiger partial charge in [0.05, 0.1) is 13.0 Å². The van der Waals surface area contributed by atoms with Crippen molar-refractivity contribution in [1.29, 1.82) is 0 Å². The van der Waals surface area contributed by atoms with Crippen molar-refractivity contribution in [2.24, 2.45) is 0 Å². The number of carboxylic acids is 1. The topological polar surface area (TPSA) is 77.8 Å². The summed E-state index contributed by atoms with van der Waals surface area (Å²) < 4.78 is 0. The predicted octanol–water partition coefficient (Wildman–Crippen LogP) is 5.15. The second-order valence-electron chi connectivity index (χ2n) is 7.59. The number of carbonyl (C=O) groups is 2. The van der Waals surface area contributed by atoms with Gasteiger partial charge in [-0.2, -0.15) is 0 Å². The van der Waals surface area contributed by atoms with E-state index in [0.717, 1.165) is 12.8 Å². The molecular weight excluding hydrogens is 342 g/mol. The number of hydrogen-bond donors (Lipinski definition) is 2. The minimum atomic E-state index is -0.955. The summed E-state index contributed by atoms with van der Waals surface area (Å²) >= 11 is 0. The van der Waals surface area contributed by atoms with Gasteiger partial charge in [0.15, 0.2) is 0 Å². The molecule has 0 fully saturated rings. The largest absolute Gasteiger partial charge is 0.481 e. The van der Waals surface area contributed by atoms with Crippen LogP contribution in [0.2, 0.25) is 0 Å². The number of rotatable bonds is 20. The molecule has 1 amide bonds. The monoisotopic (exact) mass is 385 g/mol. The fraction of sp³-hybridized carbons (Fsp3) is 0.909. The fourth-order valence-electron chi connectivity index (χ4n) is 3.35. The van der Waals surface area contributed by atoms with Crippen LogP contribution in [0.4, 0.5) is 0 Å². The lowest BCUT2D eigenvalue weighted by molar-refractivity contribution is -0.141. The van der Waals surface area contributed by atoms with Crippen LogP contribution in [0.1, 0.15) is 110 Å². The third kappa shape index (κ3) is 18.0. The van der Waals surface area contributed by atoms with Crippen LogP contribution in [0.3, 0.4) is 0 Å².